The highest BCUT2D eigenvalue weighted by atomic mass is 35.5. The van der Waals surface area contributed by atoms with Crippen LogP contribution in [0.3, 0.4) is 0 Å². The van der Waals surface area contributed by atoms with E-state index in [4.69, 9.17) is 27.9 Å². The molecule has 0 amide bonds. The maximum atomic E-state index is 12.4. The number of rotatable bonds is 4. The zero-order valence-electron chi connectivity index (χ0n) is 14.7. The molecule has 1 aromatic carbocycles. The first-order valence-electron chi connectivity index (χ1n) is 8.14. The topological polar surface area (TPSA) is 46.6 Å². The van der Waals surface area contributed by atoms with E-state index in [0.717, 1.165) is 16.9 Å². The molecule has 1 aromatic rings. The van der Waals surface area contributed by atoms with Gasteiger partial charge in [0, 0.05) is 36.3 Å². The highest BCUT2D eigenvalue weighted by Crippen LogP contribution is 2.64. The Labute approximate surface area is 157 Å². The second kappa shape index (κ2) is 5.75. The first-order chi connectivity index (χ1) is 11.5. The number of likely N-dealkylation sites (N-methyl/N-ethyl adjacent to an activating group) is 1. The first kappa shape index (κ1) is 18.3. The van der Waals surface area contributed by atoms with Crippen LogP contribution in [0, 0.1) is 5.41 Å². The standard InChI is InChI=1S/C19H21Cl2NO3/c1-17(2)13-7-5-6-8-14(13)22(4)15(17)9-12(23)10-25-16(24)18(3)11-19(18,20)21/h5-9H,10-11H2,1-4H3/b15-9+/t18-/m1/s1. The third-order valence-electron chi connectivity index (χ3n) is 5.29. The predicted octanol–water partition coefficient (Wildman–Crippen LogP) is 3.99. The summed E-state index contributed by atoms with van der Waals surface area (Å²) in [5, 5.41) is 0. The smallest absolute Gasteiger partial charge is 0.315 e. The van der Waals surface area contributed by atoms with Crippen LogP contribution in [0.2, 0.25) is 0 Å². The number of carbonyl (C=O) groups excluding carboxylic acids is 2. The highest BCUT2D eigenvalue weighted by molar-refractivity contribution is 6.53. The maximum Gasteiger partial charge on any atom is 0.315 e. The SMILES string of the molecule is CN1/C(=C/C(=O)COC(=O)[C@@]2(C)CC2(Cl)Cl)C(C)(C)c2ccccc21. The Kier molecular flexibility index (Phi) is 4.20. The molecule has 0 bridgehead atoms. The molecule has 4 nitrogen and oxygen atoms in total. The van der Waals surface area contributed by atoms with Crippen LogP contribution in [0.25, 0.3) is 0 Å². The van der Waals surface area contributed by atoms with Gasteiger partial charge in [-0.25, -0.2) is 0 Å². The van der Waals surface area contributed by atoms with Crippen LogP contribution in [0.15, 0.2) is 36.0 Å². The lowest BCUT2D eigenvalue weighted by Gasteiger charge is -2.24. The van der Waals surface area contributed by atoms with Gasteiger partial charge < -0.3 is 9.64 Å². The van der Waals surface area contributed by atoms with E-state index in [2.05, 4.69) is 19.9 Å². The van der Waals surface area contributed by atoms with Crippen molar-refractivity contribution in [2.24, 2.45) is 5.41 Å². The molecule has 1 atom stereocenters. The van der Waals surface area contributed by atoms with Crippen molar-refractivity contribution in [3.8, 4) is 0 Å². The van der Waals surface area contributed by atoms with Gasteiger partial charge in [0.2, 0.25) is 0 Å². The van der Waals surface area contributed by atoms with Gasteiger partial charge in [0.1, 0.15) is 9.75 Å². The number of anilines is 1. The van der Waals surface area contributed by atoms with Gasteiger partial charge in [-0.3, -0.25) is 9.59 Å². The summed E-state index contributed by atoms with van der Waals surface area (Å²) in [6.07, 6.45) is 1.89. The van der Waals surface area contributed by atoms with E-state index < -0.39 is 15.7 Å². The number of alkyl halides is 2. The van der Waals surface area contributed by atoms with E-state index in [-0.39, 0.29) is 17.8 Å². The van der Waals surface area contributed by atoms with Gasteiger partial charge >= 0.3 is 5.97 Å². The molecule has 0 N–H and O–H groups in total. The van der Waals surface area contributed by atoms with Crippen molar-refractivity contribution in [2.75, 3.05) is 18.6 Å². The van der Waals surface area contributed by atoms with Crippen LogP contribution < -0.4 is 4.90 Å². The molecule has 25 heavy (non-hydrogen) atoms. The van der Waals surface area contributed by atoms with Crippen LogP contribution in [-0.4, -0.2) is 29.7 Å². The molecule has 1 fully saturated rings. The molecule has 1 heterocycles. The second-order valence-corrected chi connectivity index (χ2v) is 8.97. The van der Waals surface area contributed by atoms with Gasteiger partial charge in [0.15, 0.2) is 12.4 Å². The number of halogens is 2. The number of para-hydroxylation sites is 1. The normalized spacial score (nSPS) is 27.1. The fourth-order valence-electron chi connectivity index (χ4n) is 3.37. The Balaban J connectivity index is 1.71. The van der Waals surface area contributed by atoms with Crippen molar-refractivity contribution < 1.29 is 14.3 Å². The van der Waals surface area contributed by atoms with Crippen molar-refractivity contribution in [3.63, 3.8) is 0 Å². The molecule has 3 rings (SSSR count). The van der Waals surface area contributed by atoms with Crippen LogP contribution in [-0.2, 0) is 19.7 Å². The molecule has 2 aliphatic rings. The number of hydrogen-bond donors (Lipinski definition) is 0. The van der Waals surface area contributed by atoms with E-state index in [9.17, 15) is 9.59 Å². The molecular weight excluding hydrogens is 361 g/mol. The van der Waals surface area contributed by atoms with Gasteiger partial charge in [-0.1, -0.05) is 32.0 Å². The number of nitrogens with zero attached hydrogens (tertiary/aromatic N) is 1. The lowest BCUT2D eigenvalue weighted by molar-refractivity contribution is -0.152. The van der Waals surface area contributed by atoms with Crippen molar-refractivity contribution in [3.05, 3.63) is 41.6 Å². The molecule has 0 aromatic heterocycles. The number of allylic oxidation sites excluding steroid dienone is 1. The average Bonchev–Trinajstić information content (AvgIpc) is 3.01. The zero-order chi connectivity index (χ0) is 18.6. The van der Waals surface area contributed by atoms with Crippen LogP contribution in [0.5, 0.6) is 0 Å². The summed E-state index contributed by atoms with van der Waals surface area (Å²) in [5.41, 5.74) is 1.88. The minimum Gasteiger partial charge on any atom is -0.457 e. The molecule has 0 spiro atoms. The molecule has 1 aliphatic heterocycles. The lowest BCUT2D eigenvalue weighted by atomic mass is 9.83. The Morgan fingerprint density at radius 3 is 2.40 bits per heavy atom. The van der Waals surface area contributed by atoms with Crippen molar-refractivity contribution >= 4 is 40.6 Å². The quantitative estimate of drug-likeness (QED) is 0.449. The minimum atomic E-state index is -1.10. The summed E-state index contributed by atoms with van der Waals surface area (Å²) >= 11 is 11.9. The monoisotopic (exact) mass is 381 g/mol. The second-order valence-electron chi connectivity index (χ2n) is 7.49. The zero-order valence-corrected chi connectivity index (χ0v) is 16.2. The number of esters is 1. The van der Waals surface area contributed by atoms with Crippen LogP contribution in [0.1, 0.15) is 32.8 Å². The number of hydrogen-bond acceptors (Lipinski definition) is 4. The van der Waals surface area contributed by atoms with Crippen molar-refractivity contribution in [2.45, 2.75) is 36.9 Å². The molecular formula is C19H21Cl2NO3. The summed E-state index contributed by atoms with van der Waals surface area (Å²) in [7, 11) is 1.93. The van der Waals surface area contributed by atoms with E-state index in [1.54, 1.807) is 13.0 Å². The number of fused-ring (bicyclic) bond motifs is 1. The Hall–Kier alpha value is -1.52. The van der Waals surface area contributed by atoms with Gasteiger partial charge in [-0.05, 0) is 18.6 Å². The molecule has 0 unspecified atom stereocenters. The maximum absolute atomic E-state index is 12.4. The number of carbonyl (C=O) groups is 2. The highest BCUT2D eigenvalue weighted by Gasteiger charge is 2.69. The lowest BCUT2D eigenvalue weighted by Crippen LogP contribution is -2.26. The summed E-state index contributed by atoms with van der Waals surface area (Å²) in [6, 6.07) is 8.04. The summed E-state index contributed by atoms with van der Waals surface area (Å²) in [4.78, 5) is 26.4. The molecule has 6 heteroatoms. The molecule has 134 valence electrons. The van der Waals surface area contributed by atoms with Gasteiger partial charge in [0.05, 0.1) is 0 Å². The molecule has 1 aliphatic carbocycles. The van der Waals surface area contributed by atoms with E-state index >= 15 is 0 Å². The average molecular weight is 382 g/mol. The summed E-state index contributed by atoms with van der Waals surface area (Å²) in [6.45, 7) is 5.47. The third-order valence-corrected chi connectivity index (χ3v) is 6.39. The number of ether oxygens (including phenoxy) is 1. The number of benzene rings is 1. The van der Waals surface area contributed by atoms with Crippen LogP contribution in [0.4, 0.5) is 5.69 Å². The van der Waals surface area contributed by atoms with Gasteiger partial charge in [-0.15, -0.1) is 23.2 Å². The molecule has 0 saturated heterocycles. The van der Waals surface area contributed by atoms with Gasteiger partial charge in [0.25, 0.3) is 0 Å². The third kappa shape index (κ3) is 2.85. The van der Waals surface area contributed by atoms with Gasteiger partial charge in [-0.2, -0.15) is 0 Å². The van der Waals surface area contributed by atoms with E-state index in [0.29, 0.717) is 6.42 Å². The Morgan fingerprint density at radius 1 is 1.24 bits per heavy atom. The van der Waals surface area contributed by atoms with Crippen molar-refractivity contribution in [1.82, 2.24) is 0 Å². The number of ketones is 1. The fourth-order valence-corrected chi connectivity index (χ4v) is 4.06. The largest absolute Gasteiger partial charge is 0.457 e. The minimum absolute atomic E-state index is 0.268. The van der Waals surface area contributed by atoms with Crippen molar-refractivity contribution in [1.29, 1.82) is 0 Å². The van der Waals surface area contributed by atoms with E-state index in [1.807, 2.05) is 30.1 Å². The first-order valence-corrected chi connectivity index (χ1v) is 8.89. The summed E-state index contributed by atoms with van der Waals surface area (Å²) in [5.74, 6) is -0.804. The Bertz CT molecular complexity index is 785. The molecule has 0 radical (unpaired) electrons. The van der Waals surface area contributed by atoms with E-state index in [1.165, 1.54) is 0 Å². The predicted molar refractivity (Wildman–Crippen MR) is 99.1 cm³/mol. The summed E-state index contributed by atoms with van der Waals surface area (Å²) < 4.78 is 4.04. The molecule has 1 saturated carbocycles. The Morgan fingerprint density at radius 2 is 1.84 bits per heavy atom. The fraction of sp³-hybridized carbons (Fsp3) is 0.474. The van der Waals surface area contributed by atoms with Crippen LogP contribution >= 0.6 is 23.2 Å².